The molecule has 35 heavy (non-hydrogen) atoms. The zero-order chi connectivity index (χ0) is 26.2. The second kappa shape index (κ2) is 9.40. The minimum absolute atomic E-state index is 0.123. The number of aliphatic hydroxyl groups is 1. The molecule has 3 aromatic carbocycles. The number of para-hydroxylation sites is 1. The fraction of sp³-hybridized carbons (Fsp3) is 0.174. The van der Waals surface area contributed by atoms with Gasteiger partial charge in [-0.05, 0) is 61.0 Å². The van der Waals surface area contributed by atoms with Crippen molar-refractivity contribution in [3.8, 4) is 5.75 Å². The molecule has 3 aromatic rings. The molecule has 12 heteroatoms. The average Bonchev–Trinajstić information content (AvgIpc) is 2.77. The number of hydrogen-bond acceptors (Lipinski definition) is 6. The Hall–Kier alpha value is -3.28. The molecule has 0 aliphatic rings. The lowest BCUT2D eigenvalue weighted by atomic mass is 9.89. The number of aromatic hydroxyl groups is 1. The number of carbonyl (C=O) groups excluding carboxylic acids is 1. The zero-order valence-electron chi connectivity index (χ0n) is 18.0. The first kappa shape index (κ1) is 26.3. The smallest absolute Gasteiger partial charge is 0.419 e. The number of alkyl halides is 3. The van der Waals surface area contributed by atoms with Crippen LogP contribution in [0.15, 0.2) is 76.5 Å². The highest BCUT2D eigenvalue weighted by Crippen LogP contribution is 2.42. The monoisotopic (exact) mass is 528 g/mol. The van der Waals surface area contributed by atoms with Gasteiger partial charge in [0.05, 0.1) is 21.4 Å². The largest absolute Gasteiger partial charge is 0.507 e. The number of nitrogens with two attached hydrogens (primary N) is 1. The predicted octanol–water partition coefficient (Wildman–Crippen LogP) is 4.25. The highest BCUT2D eigenvalue weighted by molar-refractivity contribution is 7.91. The maximum Gasteiger partial charge on any atom is 0.419 e. The van der Waals surface area contributed by atoms with Crippen LogP contribution in [0.5, 0.6) is 5.75 Å². The van der Waals surface area contributed by atoms with Crippen LogP contribution in [0.25, 0.3) is 0 Å². The molecular formula is C23H20ClF3N2O5S. The summed E-state index contributed by atoms with van der Waals surface area (Å²) >= 11 is 6.20. The number of sulfone groups is 1. The lowest BCUT2D eigenvalue weighted by Crippen LogP contribution is -2.53. The van der Waals surface area contributed by atoms with E-state index in [9.17, 15) is 36.6 Å². The summed E-state index contributed by atoms with van der Waals surface area (Å²) in [6, 6.07) is 11.1. The van der Waals surface area contributed by atoms with Gasteiger partial charge in [-0.15, -0.1) is 0 Å². The Morgan fingerprint density at radius 1 is 1.03 bits per heavy atom. The van der Waals surface area contributed by atoms with Crippen molar-refractivity contribution >= 4 is 33.0 Å². The molecule has 0 radical (unpaired) electrons. The molecule has 5 N–H and O–H groups in total. The van der Waals surface area contributed by atoms with Crippen molar-refractivity contribution in [2.24, 2.45) is 0 Å². The van der Waals surface area contributed by atoms with Gasteiger partial charge in [-0.1, -0.05) is 29.8 Å². The SMILES string of the molecule is CC(O)(C(NC(=O)c1ccccc1O)c1ccc(S(=O)(=O)c2ccc(N)cc2)cc1Cl)C(F)(F)F. The zero-order valence-corrected chi connectivity index (χ0v) is 19.6. The van der Waals surface area contributed by atoms with Gasteiger partial charge in [0.1, 0.15) is 5.75 Å². The van der Waals surface area contributed by atoms with E-state index in [-0.39, 0.29) is 15.4 Å². The number of rotatable bonds is 6. The van der Waals surface area contributed by atoms with E-state index < -0.39 is 49.9 Å². The summed E-state index contributed by atoms with van der Waals surface area (Å²) in [5.41, 5.74) is 1.65. The number of benzene rings is 3. The van der Waals surface area contributed by atoms with Crippen LogP contribution in [0.4, 0.5) is 18.9 Å². The van der Waals surface area contributed by atoms with Gasteiger partial charge in [-0.3, -0.25) is 4.79 Å². The molecule has 0 fully saturated rings. The number of hydrogen-bond donors (Lipinski definition) is 4. The van der Waals surface area contributed by atoms with E-state index in [0.717, 1.165) is 24.3 Å². The van der Waals surface area contributed by atoms with E-state index in [1.807, 2.05) is 0 Å². The lowest BCUT2D eigenvalue weighted by molar-refractivity contribution is -0.263. The number of amides is 1. The van der Waals surface area contributed by atoms with E-state index in [1.54, 1.807) is 0 Å². The van der Waals surface area contributed by atoms with Gasteiger partial charge < -0.3 is 21.3 Å². The normalized spacial score (nSPS) is 14.7. The molecule has 7 nitrogen and oxygen atoms in total. The lowest BCUT2D eigenvalue weighted by Gasteiger charge is -2.36. The molecule has 186 valence electrons. The van der Waals surface area contributed by atoms with Gasteiger partial charge in [-0.2, -0.15) is 13.2 Å². The first-order valence-electron chi connectivity index (χ1n) is 9.94. The van der Waals surface area contributed by atoms with Crippen molar-refractivity contribution in [1.29, 1.82) is 0 Å². The van der Waals surface area contributed by atoms with Crippen molar-refractivity contribution in [1.82, 2.24) is 5.32 Å². The molecule has 0 saturated heterocycles. The standard InChI is InChI=1S/C23H20ClF3N2O5S/c1-22(32,23(25,26)27)20(29-21(31)17-4-2-3-5-19(17)30)16-11-10-15(12-18(16)24)35(33,34)14-8-6-13(28)7-9-14/h2-12,20,30,32H,28H2,1H3,(H,29,31). The molecule has 2 unspecified atom stereocenters. The topological polar surface area (TPSA) is 130 Å². The van der Waals surface area contributed by atoms with Crippen LogP contribution < -0.4 is 11.1 Å². The number of nitrogens with one attached hydrogen (secondary N) is 1. The number of carbonyl (C=O) groups is 1. The van der Waals surface area contributed by atoms with Crippen LogP contribution in [0.1, 0.15) is 28.9 Å². The van der Waals surface area contributed by atoms with Crippen molar-refractivity contribution in [3.05, 3.63) is 82.9 Å². The molecule has 0 saturated carbocycles. The summed E-state index contributed by atoms with van der Waals surface area (Å²) in [5, 5.41) is 21.9. The van der Waals surface area contributed by atoms with Crippen LogP contribution in [0, 0.1) is 0 Å². The molecule has 1 amide bonds. The first-order chi connectivity index (χ1) is 16.2. The van der Waals surface area contributed by atoms with Gasteiger partial charge in [0.25, 0.3) is 5.91 Å². The fourth-order valence-electron chi connectivity index (χ4n) is 3.25. The van der Waals surface area contributed by atoms with E-state index in [2.05, 4.69) is 5.32 Å². The molecule has 0 aliphatic heterocycles. The number of nitrogen functional groups attached to an aromatic ring is 1. The highest BCUT2D eigenvalue weighted by Gasteiger charge is 2.56. The van der Waals surface area contributed by atoms with E-state index in [1.165, 1.54) is 42.5 Å². The van der Waals surface area contributed by atoms with Crippen molar-refractivity contribution < 1.29 is 36.6 Å². The number of anilines is 1. The Morgan fingerprint density at radius 3 is 2.14 bits per heavy atom. The summed E-state index contributed by atoms with van der Waals surface area (Å²) in [4.78, 5) is 12.2. The van der Waals surface area contributed by atoms with Gasteiger partial charge in [0.2, 0.25) is 9.84 Å². The molecular weight excluding hydrogens is 509 g/mol. The Balaban J connectivity index is 2.07. The summed E-state index contributed by atoms with van der Waals surface area (Å²) in [7, 11) is -4.10. The summed E-state index contributed by atoms with van der Waals surface area (Å²) in [6.07, 6.45) is -5.22. The molecule has 3 rings (SSSR count). The summed E-state index contributed by atoms with van der Waals surface area (Å²) in [5.74, 6) is -1.61. The molecule has 2 atom stereocenters. The van der Waals surface area contributed by atoms with Crippen molar-refractivity contribution in [3.63, 3.8) is 0 Å². The maximum atomic E-state index is 13.8. The van der Waals surface area contributed by atoms with E-state index in [0.29, 0.717) is 12.6 Å². The Labute approximate surface area is 203 Å². The van der Waals surface area contributed by atoms with Gasteiger partial charge in [0.15, 0.2) is 5.60 Å². The van der Waals surface area contributed by atoms with Crippen LogP contribution in [0.3, 0.4) is 0 Å². The van der Waals surface area contributed by atoms with E-state index >= 15 is 0 Å². The minimum Gasteiger partial charge on any atom is -0.507 e. The Bertz CT molecular complexity index is 1360. The molecule has 0 aromatic heterocycles. The fourth-order valence-corrected chi connectivity index (χ4v) is 4.89. The molecule has 0 bridgehead atoms. The third-order valence-electron chi connectivity index (χ3n) is 5.34. The van der Waals surface area contributed by atoms with Crippen LogP contribution >= 0.6 is 11.6 Å². The van der Waals surface area contributed by atoms with Crippen LogP contribution in [-0.2, 0) is 9.84 Å². The average molecular weight is 529 g/mol. The molecule has 0 spiro atoms. The molecule has 0 heterocycles. The second-order valence-corrected chi connectivity index (χ2v) is 10.2. The van der Waals surface area contributed by atoms with Crippen molar-refractivity contribution in [2.45, 2.75) is 34.5 Å². The van der Waals surface area contributed by atoms with E-state index in [4.69, 9.17) is 17.3 Å². The van der Waals surface area contributed by atoms with Gasteiger partial charge in [0, 0.05) is 10.7 Å². The predicted molar refractivity (Wildman–Crippen MR) is 123 cm³/mol. The van der Waals surface area contributed by atoms with Gasteiger partial charge >= 0.3 is 6.18 Å². The first-order valence-corrected chi connectivity index (χ1v) is 11.8. The number of halogens is 4. The van der Waals surface area contributed by atoms with Crippen LogP contribution in [-0.4, -0.2) is 36.3 Å². The Kier molecular flexibility index (Phi) is 7.07. The third-order valence-corrected chi connectivity index (χ3v) is 7.44. The number of phenolic OH excluding ortho intramolecular Hbond substituents is 1. The molecule has 0 aliphatic carbocycles. The maximum absolute atomic E-state index is 13.8. The van der Waals surface area contributed by atoms with Crippen molar-refractivity contribution in [2.75, 3.05) is 5.73 Å². The number of phenols is 1. The second-order valence-electron chi connectivity index (χ2n) is 7.82. The minimum atomic E-state index is -5.22. The Morgan fingerprint density at radius 2 is 1.60 bits per heavy atom. The van der Waals surface area contributed by atoms with Crippen LogP contribution in [0.2, 0.25) is 5.02 Å². The van der Waals surface area contributed by atoms with Gasteiger partial charge in [-0.25, -0.2) is 8.42 Å². The quantitative estimate of drug-likeness (QED) is 0.354. The summed E-state index contributed by atoms with van der Waals surface area (Å²) in [6.45, 7) is 0.443. The third kappa shape index (κ3) is 5.21. The highest BCUT2D eigenvalue weighted by atomic mass is 35.5. The summed E-state index contributed by atoms with van der Waals surface area (Å²) < 4.78 is 67.1.